The minimum atomic E-state index is -4.13. The molecule has 1 aliphatic heterocycles. The number of nitrogens with one attached hydrogen (secondary N) is 1. The van der Waals surface area contributed by atoms with Crippen molar-refractivity contribution in [3.8, 4) is 0 Å². The highest BCUT2D eigenvalue weighted by Gasteiger charge is 2.34. The highest BCUT2D eigenvalue weighted by molar-refractivity contribution is 7.91. The van der Waals surface area contributed by atoms with Gasteiger partial charge >= 0.3 is 0 Å². The second-order valence-electron chi connectivity index (χ2n) is 6.65. The fraction of sp³-hybridized carbons (Fsp3) is 0.278. The SMILES string of the molecule is O=C(NS(=O)(=O)C(Cl)N1CCN(c2noc3cccc(Cl)c23)CC1)c1cccnc1. The van der Waals surface area contributed by atoms with Crippen molar-refractivity contribution in [1.29, 1.82) is 0 Å². The van der Waals surface area contributed by atoms with Gasteiger partial charge in [-0.05, 0) is 24.3 Å². The van der Waals surface area contributed by atoms with Crippen molar-refractivity contribution in [2.24, 2.45) is 0 Å². The van der Waals surface area contributed by atoms with Crippen LogP contribution in [0.5, 0.6) is 0 Å². The number of fused-ring (bicyclic) bond motifs is 1. The molecule has 0 saturated carbocycles. The lowest BCUT2D eigenvalue weighted by Crippen LogP contribution is -2.53. The number of piperazine rings is 1. The smallest absolute Gasteiger partial charge is 0.266 e. The fourth-order valence-corrected chi connectivity index (χ4v) is 4.87. The summed E-state index contributed by atoms with van der Waals surface area (Å²) in [6, 6.07) is 8.32. The van der Waals surface area contributed by atoms with Gasteiger partial charge in [0.05, 0.1) is 16.0 Å². The maximum absolute atomic E-state index is 12.6. The Morgan fingerprint density at radius 1 is 1.17 bits per heavy atom. The molecule has 0 radical (unpaired) electrons. The van der Waals surface area contributed by atoms with Crippen LogP contribution in [-0.2, 0) is 10.0 Å². The van der Waals surface area contributed by atoms with Gasteiger partial charge in [0.15, 0.2) is 11.4 Å². The van der Waals surface area contributed by atoms with E-state index in [0.717, 1.165) is 0 Å². The molecule has 1 N–H and O–H groups in total. The molecule has 158 valence electrons. The summed E-state index contributed by atoms with van der Waals surface area (Å²) in [6.07, 6.45) is 2.76. The number of carbonyl (C=O) groups excluding carboxylic acids is 1. The molecule has 1 unspecified atom stereocenters. The van der Waals surface area contributed by atoms with Crippen LogP contribution in [0.2, 0.25) is 5.02 Å². The third kappa shape index (κ3) is 4.08. The number of amides is 1. The third-order valence-corrected chi connectivity index (χ3v) is 7.32. The predicted octanol–water partition coefficient (Wildman–Crippen LogP) is 2.28. The van der Waals surface area contributed by atoms with Crippen molar-refractivity contribution in [3.05, 3.63) is 53.3 Å². The molecule has 0 aliphatic carbocycles. The summed E-state index contributed by atoms with van der Waals surface area (Å²) >= 11 is 12.5. The van der Waals surface area contributed by atoms with E-state index in [2.05, 4.69) is 10.1 Å². The summed E-state index contributed by atoms with van der Waals surface area (Å²) in [7, 11) is -4.13. The van der Waals surface area contributed by atoms with Gasteiger partial charge in [-0.1, -0.05) is 34.4 Å². The Kier molecular flexibility index (Phi) is 5.83. The first-order valence-corrected chi connectivity index (χ1v) is 11.4. The quantitative estimate of drug-likeness (QED) is 0.447. The normalized spacial score (nSPS) is 16.5. The molecule has 2 aromatic heterocycles. The van der Waals surface area contributed by atoms with E-state index in [1.54, 1.807) is 29.2 Å². The number of benzene rings is 1. The molecular formula is C18H17Cl2N5O4S. The number of aromatic nitrogens is 2. The van der Waals surface area contributed by atoms with Crippen LogP contribution in [0.4, 0.5) is 5.82 Å². The van der Waals surface area contributed by atoms with Crippen LogP contribution < -0.4 is 9.62 Å². The van der Waals surface area contributed by atoms with Crippen LogP contribution in [0.15, 0.2) is 47.2 Å². The number of rotatable bonds is 5. The number of nitrogens with zero attached hydrogens (tertiary/aromatic N) is 4. The van der Waals surface area contributed by atoms with Crippen LogP contribution >= 0.6 is 23.2 Å². The molecule has 4 rings (SSSR count). The van der Waals surface area contributed by atoms with Gasteiger partial charge < -0.3 is 9.42 Å². The number of halogens is 2. The fourth-order valence-electron chi connectivity index (χ4n) is 3.22. The van der Waals surface area contributed by atoms with Crippen LogP contribution in [-0.4, -0.2) is 60.4 Å². The maximum atomic E-state index is 12.6. The van der Waals surface area contributed by atoms with E-state index in [4.69, 9.17) is 27.7 Å². The van der Waals surface area contributed by atoms with Crippen LogP contribution in [0.1, 0.15) is 10.4 Å². The molecule has 1 fully saturated rings. The second-order valence-corrected chi connectivity index (χ2v) is 9.47. The average molecular weight is 470 g/mol. The lowest BCUT2D eigenvalue weighted by Gasteiger charge is -2.36. The van der Waals surface area contributed by atoms with Gasteiger partial charge in [0.25, 0.3) is 15.9 Å². The van der Waals surface area contributed by atoms with Crippen molar-refractivity contribution in [1.82, 2.24) is 19.8 Å². The standard InChI is InChI=1S/C18H17Cl2N5O4S/c19-13-4-1-5-14-15(13)16(22-29-14)24-7-9-25(10-8-24)18(20)30(27,28)23-17(26)12-3-2-6-21-11-12/h1-6,11,18H,7-10H2,(H,23,26). The molecule has 1 saturated heterocycles. The summed E-state index contributed by atoms with van der Waals surface area (Å²) in [4.78, 5) is 18.1. The highest BCUT2D eigenvalue weighted by atomic mass is 35.5. The Bertz CT molecular complexity index is 1160. The topological polar surface area (TPSA) is 109 Å². The van der Waals surface area contributed by atoms with Crippen molar-refractivity contribution < 1.29 is 17.7 Å². The van der Waals surface area contributed by atoms with E-state index < -0.39 is 20.8 Å². The van der Waals surface area contributed by atoms with Crippen LogP contribution in [0.25, 0.3) is 11.0 Å². The summed E-state index contributed by atoms with van der Waals surface area (Å²) in [5.41, 5.74) is 0.709. The molecule has 3 aromatic rings. The van der Waals surface area contributed by atoms with Gasteiger partial charge in [0.1, 0.15) is 0 Å². The van der Waals surface area contributed by atoms with Gasteiger partial charge in [-0.15, -0.1) is 0 Å². The van der Waals surface area contributed by atoms with Crippen molar-refractivity contribution >= 4 is 55.9 Å². The predicted molar refractivity (Wildman–Crippen MR) is 113 cm³/mol. The number of pyridine rings is 1. The maximum Gasteiger partial charge on any atom is 0.266 e. The van der Waals surface area contributed by atoms with Crippen LogP contribution in [0, 0.1) is 0 Å². The molecule has 0 bridgehead atoms. The molecule has 12 heteroatoms. The van der Waals surface area contributed by atoms with E-state index in [1.807, 2.05) is 9.62 Å². The van der Waals surface area contributed by atoms with E-state index in [9.17, 15) is 13.2 Å². The highest BCUT2D eigenvalue weighted by Crippen LogP contribution is 2.33. The van der Waals surface area contributed by atoms with Gasteiger partial charge in [0.2, 0.25) is 4.83 Å². The lowest BCUT2D eigenvalue weighted by atomic mass is 10.2. The molecule has 9 nitrogen and oxygen atoms in total. The zero-order valence-corrected chi connectivity index (χ0v) is 17.9. The number of hydrogen-bond acceptors (Lipinski definition) is 8. The van der Waals surface area contributed by atoms with Crippen molar-refractivity contribution in [3.63, 3.8) is 0 Å². The van der Waals surface area contributed by atoms with Crippen molar-refractivity contribution in [2.45, 2.75) is 4.83 Å². The number of sulfonamides is 1. The number of alkyl halides is 1. The molecule has 1 amide bonds. The van der Waals surface area contributed by atoms with Gasteiger partial charge in [-0.2, -0.15) is 0 Å². The summed E-state index contributed by atoms with van der Waals surface area (Å²) in [5, 5.41) is 5.35. The average Bonchev–Trinajstić information content (AvgIpc) is 3.19. The van der Waals surface area contributed by atoms with E-state index in [1.165, 1.54) is 18.5 Å². The van der Waals surface area contributed by atoms with Gasteiger partial charge in [0, 0.05) is 38.6 Å². The summed E-state index contributed by atoms with van der Waals surface area (Å²) < 4.78 is 32.5. The number of anilines is 1. The zero-order chi connectivity index (χ0) is 21.3. The molecule has 1 aliphatic rings. The molecule has 3 heterocycles. The first-order valence-electron chi connectivity index (χ1n) is 9.00. The Morgan fingerprint density at radius 3 is 2.63 bits per heavy atom. The first kappa shape index (κ1) is 20.9. The summed E-state index contributed by atoms with van der Waals surface area (Å²) in [6.45, 7) is 1.61. The zero-order valence-electron chi connectivity index (χ0n) is 15.5. The van der Waals surface area contributed by atoms with Gasteiger partial charge in [-0.3, -0.25) is 14.7 Å². The minimum absolute atomic E-state index is 0.129. The Balaban J connectivity index is 1.42. The minimum Gasteiger partial charge on any atom is -0.354 e. The molecule has 0 spiro atoms. The Labute approximate surface area is 182 Å². The van der Waals surface area contributed by atoms with Crippen molar-refractivity contribution in [2.75, 3.05) is 31.1 Å². The van der Waals surface area contributed by atoms with Gasteiger partial charge in [-0.25, -0.2) is 13.1 Å². The molecule has 1 atom stereocenters. The largest absolute Gasteiger partial charge is 0.354 e. The Hall–Kier alpha value is -2.40. The van der Waals surface area contributed by atoms with Crippen LogP contribution in [0.3, 0.4) is 0 Å². The van der Waals surface area contributed by atoms with E-state index in [-0.39, 0.29) is 5.56 Å². The second kappa shape index (κ2) is 8.38. The monoisotopic (exact) mass is 469 g/mol. The Morgan fingerprint density at radius 2 is 1.93 bits per heavy atom. The first-order chi connectivity index (χ1) is 14.4. The summed E-state index contributed by atoms with van der Waals surface area (Å²) in [5.74, 6) is -0.176. The lowest BCUT2D eigenvalue weighted by molar-refractivity contribution is 0.0980. The molecule has 30 heavy (non-hydrogen) atoms. The molecular weight excluding hydrogens is 453 g/mol. The number of hydrogen-bond donors (Lipinski definition) is 1. The van der Waals surface area contributed by atoms with E-state index in [0.29, 0.717) is 48.0 Å². The molecule has 1 aromatic carbocycles. The third-order valence-electron chi connectivity index (χ3n) is 4.75. The van der Waals surface area contributed by atoms with E-state index >= 15 is 0 Å². The number of carbonyl (C=O) groups is 1.